The molecular formula is C12H24O6. The van der Waals surface area contributed by atoms with E-state index in [2.05, 4.69) is 0 Å². The second-order valence-electron chi connectivity index (χ2n) is 4.72. The first-order chi connectivity index (χ1) is 8.58. The first kappa shape index (κ1) is 15.8. The number of epoxide rings is 1. The molecule has 1 heterocycles. The molecule has 3 atom stereocenters. The first-order valence-corrected chi connectivity index (χ1v) is 6.32. The summed E-state index contributed by atoms with van der Waals surface area (Å²) in [5.74, 6) is 0. The highest BCUT2D eigenvalue weighted by Gasteiger charge is 2.22. The number of hydrogen-bond donors (Lipinski definition) is 2. The smallest absolute Gasteiger partial charge is 0.104 e. The van der Waals surface area contributed by atoms with Gasteiger partial charge < -0.3 is 29.2 Å². The first-order valence-electron chi connectivity index (χ1n) is 6.32. The maximum Gasteiger partial charge on any atom is 0.104 e. The van der Waals surface area contributed by atoms with Crippen LogP contribution in [0.5, 0.6) is 0 Å². The summed E-state index contributed by atoms with van der Waals surface area (Å²) in [4.78, 5) is 0. The highest BCUT2D eigenvalue weighted by molar-refractivity contribution is 4.67. The molecule has 0 aliphatic carbocycles. The van der Waals surface area contributed by atoms with Gasteiger partial charge in [-0.05, 0) is 13.8 Å². The van der Waals surface area contributed by atoms with Gasteiger partial charge >= 0.3 is 0 Å². The largest absolute Gasteiger partial charge is 0.388 e. The summed E-state index contributed by atoms with van der Waals surface area (Å²) in [7, 11) is 0. The molecule has 1 fully saturated rings. The number of hydrogen-bond acceptors (Lipinski definition) is 6. The van der Waals surface area contributed by atoms with Crippen LogP contribution >= 0.6 is 0 Å². The molecule has 6 nitrogen and oxygen atoms in total. The molecule has 3 unspecified atom stereocenters. The van der Waals surface area contributed by atoms with E-state index in [1.807, 2.05) is 13.8 Å². The summed E-state index contributed by atoms with van der Waals surface area (Å²) in [6.07, 6.45) is -1.06. The second-order valence-corrected chi connectivity index (χ2v) is 4.72. The van der Waals surface area contributed by atoms with Crippen LogP contribution in [0.3, 0.4) is 0 Å². The Kier molecular flexibility index (Phi) is 7.73. The van der Waals surface area contributed by atoms with Gasteiger partial charge in [-0.15, -0.1) is 0 Å². The van der Waals surface area contributed by atoms with Crippen molar-refractivity contribution in [1.82, 2.24) is 0 Å². The Morgan fingerprint density at radius 1 is 1.06 bits per heavy atom. The highest BCUT2D eigenvalue weighted by atomic mass is 16.6. The minimum Gasteiger partial charge on any atom is -0.388 e. The lowest BCUT2D eigenvalue weighted by atomic mass is 10.4. The van der Waals surface area contributed by atoms with Crippen LogP contribution < -0.4 is 0 Å². The quantitative estimate of drug-likeness (QED) is 0.493. The van der Waals surface area contributed by atoms with Crippen LogP contribution in [0.2, 0.25) is 0 Å². The van der Waals surface area contributed by atoms with Crippen LogP contribution in [0.4, 0.5) is 0 Å². The van der Waals surface area contributed by atoms with E-state index in [0.717, 1.165) is 6.61 Å². The molecule has 0 bridgehead atoms. The van der Waals surface area contributed by atoms with Crippen molar-refractivity contribution in [3.63, 3.8) is 0 Å². The second kappa shape index (κ2) is 8.79. The Hall–Kier alpha value is -0.240. The molecule has 18 heavy (non-hydrogen) atoms. The van der Waals surface area contributed by atoms with Crippen LogP contribution in [0.25, 0.3) is 0 Å². The molecule has 1 aliphatic heterocycles. The lowest BCUT2D eigenvalue weighted by molar-refractivity contribution is -0.0639. The van der Waals surface area contributed by atoms with E-state index in [1.165, 1.54) is 0 Å². The summed E-state index contributed by atoms with van der Waals surface area (Å²) in [5, 5.41) is 19.0. The summed E-state index contributed by atoms with van der Waals surface area (Å²) in [6, 6.07) is 0. The van der Waals surface area contributed by atoms with Gasteiger partial charge in [-0.2, -0.15) is 0 Å². The third-order valence-electron chi connectivity index (χ3n) is 2.26. The number of aliphatic hydroxyl groups is 2. The monoisotopic (exact) mass is 264 g/mol. The van der Waals surface area contributed by atoms with Crippen molar-refractivity contribution < 1.29 is 29.2 Å². The van der Waals surface area contributed by atoms with Crippen molar-refractivity contribution in [3.8, 4) is 0 Å². The molecule has 1 aliphatic rings. The molecule has 108 valence electrons. The van der Waals surface area contributed by atoms with E-state index in [4.69, 9.17) is 18.9 Å². The van der Waals surface area contributed by atoms with Gasteiger partial charge in [0.05, 0.1) is 45.7 Å². The summed E-state index contributed by atoms with van der Waals surface area (Å²) < 4.78 is 20.6. The minimum absolute atomic E-state index is 0.0864. The van der Waals surface area contributed by atoms with Gasteiger partial charge in [0.15, 0.2) is 0 Å². The van der Waals surface area contributed by atoms with Crippen molar-refractivity contribution in [1.29, 1.82) is 0 Å². The summed E-state index contributed by atoms with van der Waals surface area (Å²) >= 11 is 0. The lowest BCUT2D eigenvalue weighted by Crippen LogP contribution is -2.28. The predicted molar refractivity (Wildman–Crippen MR) is 64.5 cm³/mol. The Morgan fingerprint density at radius 2 is 1.61 bits per heavy atom. The Morgan fingerprint density at radius 3 is 2.17 bits per heavy atom. The van der Waals surface area contributed by atoms with Crippen LogP contribution in [0, 0.1) is 0 Å². The molecule has 0 radical (unpaired) electrons. The normalized spacial score (nSPS) is 22.2. The summed E-state index contributed by atoms with van der Waals surface area (Å²) in [6.45, 7) is 5.81. The zero-order valence-corrected chi connectivity index (χ0v) is 11.1. The third kappa shape index (κ3) is 8.79. The molecule has 0 aromatic heterocycles. The van der Waals surface area contributed by atoms with E-state index >= 15 is 0 Å². The fourth-order valence-corrected chi connectivity index (χ4v) is 1.24. The third-order valence-corrected chi connectivity index (χ3v) is 2.26. The SMILES string of the molecule is CC(C)OCC(O)COCC(O)COCC1CO1. The van der Waals surface area contributed by atoms with Crippen molar-refractivity contribution in [3.05, 3.63) is 0 Å². The number of rotatable bonds is 11. The zero-order valence-electron chi connectivity index (χ0n) is 11.1. The molecule has 2 N–H and O–H groups in total. The van der Waals surface area contributed by atoms with Gasteiger partial charge in [-0.3, -0.25) is 0 Å². The van der Waals surface area contributed by atoms with Gasteiger partial charge in [-0.25, -0.2) is 0 Å². The molecule has 1 rings (SSSR count). The van der Waals surface area contributed by atoms with Crippen molar-refractivity contribution >= 4 is 0 Å². The van der Waals surface area contributed by atoms with Crippen LogP contribution in [0.15, 0.2) is 0 Å². The number of aliphatic hydroxyl groups excluding tert-OH is 2. The van der Waals surface area contributed by atoms with E-state index in [1.54, 1.807) is 0 Å². The lowest BCUT2D eigenvalue weighted by Gasteiger charge is -2.15. The molecule has 0 amide bonds. The molecular weight excluding hydrogens is 240 g/mol. The molecule has 1 saturated heterocycles. The minimum atomic E-state index is -0.679. The van der Waals surface area contributed by atoms with Gasteiger partial charge in [0.2, 0.25) is 0 Å². The Bertz CT molecular complexity index is 207. The average Bonchev–Trinajstić information content (AvgIpc) is 3.10. The van der Waals surface area contributed by atoms with Crippen molar-refractivity contribution in [2.75, 3.05) is 39.6 Å². The Balaban J connectivity index is 1.88. The van der Waals surface area contributed by atoms with E-state index in [0.29, 0.717) is 6.61 Å². The van der Waals surface area contributed by atoms with E-state index in [9.17, 15) is 10.2 Å². The maximum absolute atomic E-state index is 9.51. The van der Waals surface area contributed by atoms with Crippen molar-refractivity contribution in [2.24, 2.45) is 0 Å². The van der Waals surface area contributed by atoms with E-state index < -0.39 is 12.2 Å². The van der Waals surface area contributed by atoms with Gasteiger partial charge in [-0.1, -0.05) is 0 Å². The van der Waals surface area contributed by atoms with Crippen LogP contribution in [0.1, 0.15) is 13.8 Å². The van der Waals surface area contributed by atoms with Crippen molar-refractivity contribution in [2.45, 2.75) is 38.3 Å². The predicted octanol–water partition coefficient (Wildman–Crippen LogP) is -0.435. The average molecular weight is 264 g/mol. The van der Waals surface area contributed by atoms with Crippen LogP contribution in [-0.2, 0) is 18.9 Å². The molecule has 0 spiro atoms. The van der Waals surface area contributed by atoms with Crippen LogP contribution in [-0.4, -0.2) is 74.3 Å². The molecule has 6 heteroatoms. The zero-order chi connectivity index (χ0) is 13.4. The highest BCUT2D eigenvalue weighted by Crippen LogP contribution is 2.08. The topological polar surface area (TPSA) is 80.7 Å². The molecule has 0 saturated carbocycles. The maximum atomic E-state index is 9.51. The molecule has 0 aromatic carbocycles. The van der Waals surface area contributed by atoms with Gasteiger partial charge in [0.1, 0.15) is 18.3 Å². The fourth-order valence-electron chi connectivity index (χ4n) is 1.24. The fraction of sp³-hybridized carbons (Fsp3) is 1.00. The van der Waals surface area contributed by atoms with Gasteiger partial charge in [0, 0.05) is 0 Å². The number of ether oxygens (including phenoxy) is 4. The standard InChI is InChI=1S/C12H24O6/c1-9(2)17-6-11(14)5-15-3-10(13)4-16-7-12-8-18-12/h9-14H,3-8H2,1-2H3. The Labute approximate surface area is 108 Å². The van der Waals surface area contributed by atoms with E-state index in [-0.39, 0.29) is 38.6 Å². The van der Waals surface area contributed by atoms with Gasteiger partial charge in [0.25, 0.3) is 0 Å². The summed E-state index contributed by atoms with van der Waals surface area (Å²) in [5.41, 5.74) is 0. The molecule has 0 aromatic rings.